The lowest BCUT2D eigenvalue weighted by atomic mass is 10.1. The summed E-state index contributed by atoms with van der Waals surface area (Å²) in [6.45, 7) is 3.44. The van der Waals surface area contributed by atoms with Gasteiger partial charge in [-0.05, 0) is 43.3 Å². The third kappa shape index (κ3) is 4.22. The van der Waals surface area contributed by atoms with Crippen molar-refractivity contribution < 1.29 is 14.0 Å². The standard InChI is InChI=1S/C21H25N3O3/c1-23-8-10-24(11-9-23)20(25)13-15-4-6-16(7-5-15)22-21(26)18-14-17(18)19-3-2-12-27-19/h2-7,12,17-18H,8-11,13-14H2,1H3,(H,22,26). The van der Waals surface area contributed by atoms with E-state index in [0.717, 1.165) is 49.6 Å². The molecule has 4 rings (SSSR count). The van der Waals surface area contributed by atoms with Crippen LogP contribution in [0.25, 0.3) is 0 Å². The zero-order valence-electron chi connectivity index (χ0n) is 15.6. The molecule has 1 aliphatic carbocycles. The molecular formula is C21H25N3O3. The summed E-state index contributed by atoms with van der Waals surface area (Å²) in [6, 6.07) is 11.3. The van der Waals surface area contributed by atoms with Crippen LogP contribution in [0.4, 0.5) is 5.69 Å². The van der Waals surface area contributed by atoms with Crippen molar-refractivity contribution in [1.29, 1.82) is 0 Å². The van der Waals surface area contributed by atoms with Crippen LogP contribution in [0.5, 0.6) is 0 Å². The molecule has 6 nitrogen and oxygen atoms in total. The highest BCUT2D eigenvalue weighted by molar-refractivity contribution is 5.95. The molecule has 0 spiro atoms. The molecule has 2 atom stereocenters. The van der Waals surface area contributed by atoms with Crippen molar-refractivity contribution in [3.05, 3.63) is 54.0 Å². The predicted octanol–water partition coefficient (Wildman–Crippen LogP) is 2.34. The maximum atomic E-state index is 12.4. The molecule has 1 aromatic carbocycles. The summed E-state index contributed by atoms with van der Waals surface area (Å²) >= 11 is 0. The molecule has 2 aliphatic rings. The predicted molar refractivity (Wildman–Crippen MR) is 102 cm³/mol. The van der Waals surface area contributed by atoms with Gasteiger partial charge in [-0.25, -0.2) is 0 Å². The fourth-order valence-corrected chi connectivity index (χ4v) is 3.58. The van der Waals surface area contributed by atoms with Gasteiger partial charge in [0.05, 0.1) is 12.7 Å². The number of rotatable bonds is 5. The average Bonchev–Trinajstić information content (AvgIpc) is 3.29. The minimum Gasteiger partial charge on any atom is -0.469 e. The Morgan fingerprint density at radius 2 is 1.85 bits per heavy atom. The Kier molecular flexibility index (Phi) is 4.99. The lowest BCUT2D eigenvalue weighted by Gasteiger charge is -2.32. The van der Waals surface area contributed by atoms with Gasteiger partial charge in [0.2, 0.25) is 11.8 Å². The van der Waals surface area contributed by atoms with Gasteiger partial charge in [0, 0.05) is 43.7 Å². The molecule has 1 aromatic heterocycles. The number of amides is 2. The van der Waals surface area contributed by atoms with Gasteiger partial charge in [-0.3, -0.25) is 9.59 Å². The highest BCUT2D eigenvalue weighted by atomic mass is 16.3. The number of carbonyl (C=O) groups excluding carboxylic acids is 2. The van der Waals surface area contributed by atoms with E-state index in [1.165, 1.54) is 0 Å². The number of piperazine rings is 1. The van der Waals surface area contributed by atoms with Crippen LogP contribution in [0.2, 0.25) is 0 Å². The molecule has 1 aliphatic heterocycles. The highest BCUT2D eigenvalue weighted by Crippen LogP contribution is 2.48. The van der Waals surface area contributed by atoms with E-state index < -0.39 is 0 Å². The summed E-state index contributed by atoms with van der Waals surface area (Å²) in [4.78, 5) is 28.9. The molecule has 6 heteroatoms. The number of hydrogen-bond acceptors (Lipinski definition) is 4. The number of furan rings is 1. The molecule has 0 bridgehead atoms. The maximum Gasteiger partial charge on any atom is 0.228 e. The first-order chi connectivity index (χ1) is 13.1. The van der Waals surface area contributed by atoms with E-state index in [-0.39, 0.29) is 23.7 Å². The molecule has 27 heavy (non-hydrogen) atoms. The van der Waals surface area contributed by atoms with Crippen LogP contribution in [0.15, 0.2) is 47.1 Å². The van der Waals surface area contributed by atoms with Gasteiger partial charge in [-0.15, -0.1) is 0 Å². The summed E-state index contributed by atoms with van der Waals surface area (Å²) in [5, 5.41) is 2.96. The summed E-state index contributed by atoms with van der Waals surface area (Å²) < 4.78 is 5.38. The maximum absolute atomic E-state index is 12.4. The summed E-state index contributed by atoms with van der Waals surface area (Å²) in [5.41, 5.74) is 1.73. The van der Waals surface area contributed by atoms with Gasteiger partial charge in [-0.1, -0.05) is 12.1 Å². The first-order valence-electron chi connectivity index (χ1n) is 9.49. The number of hydrogen-bond donors (Lipinski definition) is 1. The second-order valence-electron chi connectivity index (χ2n) is 7.51. The summed E-state index contributed by atoms with van der Waals surface area (Å²) in [7, 11) is 2.08. The molecule has 142 valence electrons. The van der Waals surface area contributed by atoms with Crippen LogP contribution in [0.3, 0.4) is 0 Å². The lowest BCUT2D eigenvalue weighted by molar-refractivity contribution is -0.132. The third-order valence-electron chi connectivity index (χ3n) is 5.47. The number of likely N-dealkylation sites (N-methyl/N-ethyl adjacent to an activating group) is 1. The second-order valence-corrected chi connectivity index (χ2v) is 7.51. The van der Waals surface area contributed by atoms with E-state index in [4.69, 9.17) is 4.42 Å². The van der Waals surface area contributed by atoms with Crippen LogP contribution in [-0.4, -0.2) is 54.8 Å². The van der Waals surface area contributed by atoms with E-state index in [0.29, 0.717) is 6.42 Å². The lowest BCUT2D eigenvalue weighted by Crippen LogP contribution is -2.47. The Balaban J connectivity index is 1.28. The molecule has 2 heterocycles. The zero-order chi connectivity index (χ0) is 18.8. The van der Waals surface area contributed by atoms with Crippen molar-refractivity contribution in [3.63, 3.8) is 0 Å². The van der Waals surface area contributed by atoms with Gasteiger partial charge >= 0.3 is 0 Å². The normalized spacial score (nSPS) is 22.5. The van der Waals surface area contributed by atoms with E-state index in [2.05, 4.69) is 17.3 Å². The minimum absolute atomic E-state index is 0.0189. The molecule has 2 aromatic rings. The zero-order valence-corrected chi connectivity index (χ0v) is 15.6. The number of nitrogens with one attached hydrogen (secondary N) is 1. The van der Waals surface area contributed by atoms with E-state index in [9.17, 15) is 9.59 Å². The molecule has 1 saturated carbocycles. The molecular weight excluding hydrogens is 342 g/mol. The van der Waals surface area contributed by atoms with Crippen molar-refractivity contribution in [2.75, 3.05) is 38.5 Å². The Labute approximate surface area is 159 Å². The second kappa shape index (κ2) is 7.56. The number of anilines is 1. The van der Waals surface area contributed by atoms with E-state index in [1.807, 2.05) is 41.3 Å². The highest BCUT2D eigenvalue weighted by Gasteiger charge is 2.45. The number of benzene rings is 1. The Bertz CT molecular complexity index is 793. The van der Waals surface area contributed by atoms with Gasteiger partial charge in [-0.2, -0.15) is 0 Å². The van der Waals surface area contributed by atoms with Crippen molar-refractivity contribution in [1.82, 2.24) is 9.80 Å². The van der Waals surface area contributed by atoms with Crippen molar-refractivity contribution >= 4 is 17.5 Å². The Hall–Kier alpha value is -2.60. The van der Waals surface area contributed by atoms with Crippen molar-refractivity contribution in [2.45, 2.75) is 18.8 Å². The smallest absolute Gasteiger partial charge is 0.228 e. The van der Waals surface area contributed by atoms with E-state index >= 15 is 0 Å². The quantitative estimate of drug-likeness (QED) is 0.881. The first-order valence-corrected chi connectivity index (χ1v) is 9.49. The van der Waals surface area contributed by atoms with Crippen LogP contribution in [0.1, 0.15) is 23.7 Å². The molecule has 0 radical (unpaired) electrons. The molecule has 2 amide bonds. The fourth-order valence-electron chi connectivity index (χ4n) is 3.58. The number of nitrogens with zero attached hydrogens (tertiary/aromatic N) is 2. The average molecular weight is 367 g/mol. The summed E-state index contributed by atoms with van der Waals surface area (Å²) in [6.07, 6.45) is 2.88. The Morgan fingerprint density at radius 1 is 1.11 bits per heavy atom. The van der Waals surface area contributed by atoms with Gasteiger partial charge in [0.25, 0.3) is 0 Å². The van der Waals surface area contributed by atoms with Gasteiger partial charge in [0.1, 0.15) is 5.76 Å². The van der Waals surface area contributed by atoms with Crippen LogP contribution in [0, 0.1) is 5.92 Å². The van der Waals surface area contributed by atoms with Gasteiger partial charge in [0.15, 0.2) is 0 Å². The molecule has 2 fully saturated rings. The Morgan fingerprint density at radius 3 is 2.52 bits per heavy atom. The molecule has 1 N–H and O–H groups in total. The number of carbonyl (C=O) groups is 2. The van der Waals surface area contributed by atoms with Crippen LogP contribution < -0.4 is 5.32 Å². The topological polar surface area (TPSA) is 65.8 Å². The monoisotopic (exact) mass is 367 g/mol. The fraction of sp³-hybridized carbons (Fsp3) is 0.429. The first kappa shape index (κ1) is 17.8. The van der Waals surface area contributed by atoms with Crippen LogP contribution >= 0.6 is 0 Å². The molecule has 2 unspecified atom stereocenters. The third-order valence-corrected chi connectivity index (χ3v) is 5.47. The largest absolute Gasteiger partial charge is 0.469 e. The van der Waals surface area contributed by atoms with Crippen LogP contribution in [-0.2, 0) is 16.0 Å². The summed E-state index contributed by atoms with van der Waals surface area (Å²) in [5.74, 6) is 1.25. The van der Waals surface area contributed by atoms with Crippen molar-refractivity contribution in [2.24, 2.45) is 5.92 Å². The van der Waals surface area contributed by atoms with Crippen molar-refractivity contribution in [3.8, 4) is 0 Å². The minimum atomic E-state index is -0.0189. The molecule has 1 saturated heterocycles. The van der Waals surface area contributed by atoms with Gasteiger partial charge < -0.3 is 19.5 Å². The SMILES string of the molecule is CN1CCN(C(=O)Cc2ccc(NC(=O)C3CC3c3ccco3)cc2)CC1. The van der Waals surface area contributed by atoms with E-state index in [1.54, 1.807) is 6.26 Å².